The van der Waals surface area contributed by atoms with E-state index < -0.39 is 36.0 Å². The van der Waals surface area contributed by atoms with Crippen molar-refractivity contribution in [2.45, 2.75) is 25.8 Å². The van der Waals surface area contributed by atoms with Gasteiger partial charge in [-0.2, -0.15) is 5.10 Å². The molecule has 28 heavy (non-hydrogen) atoms. The second kappa shape index (κ2) is 7.30. The van der Waals surface area contributed by atoms with Gasteiger partial charge in [-0.05, 0) is 24.3 Å². The lowest BCUT2D eigenvalue weighted by Gasteiger charge is -2.38. The average Bonchev–Trinajstić information content (AvgIpc) is 3.30. The largest absolute Gasteiger partial charge is 0.383 e. The molecule has 0 radical (unpaired) electrons. The minimum absolute atomic E-state index is 0.0131. The number of amides is 2. The highest BCUT2D eigenvalue weighted by Gasteiger charge is 2.34. The second-order valence-electron chi connectivity index (χ2n) is 6.86. The zero-order chi connectivity index (χ0) is 24.0. The van der Waals surface area contributed by atoms with Gasteiger partial charge < -0.3 is 16.0 Å². The Balaban J connectivity index is 1.68. The number of nitrogens with one attached hydrogen (secondary N) is 2. The first-order valence-electron chi connectivity index (χ1n) is 11.4. The normalized spacial score (nSPS) is 22.0. The molecule has 1 aromatic carbocycles. The fraction of sp³-hybridized carbons (Fsp3) is 0.300. The van der Waals surface area contributed by atoms with Gasteiger partial charge in [0.1, 0.15) is 5.82 Å². The van der Waals surface area contributed by atoms with Crippen LogP contribution in [0.4, 0.5) is 11.5 Å². The van der Waals surface area contributed by atoms with Crippen molar-refractivity contribution in [3.05, 3.63) is 48.2 Å². The molecule has 1 aliphatic heterocycles. The van der Waals surface area contributed by atoms with Gasteiger partial charge in [0.15, 0.2) is 0 Å². The van der Waals surface area contributed by atoms with Crippen molar-refractivity contribution in [2.75, 3.05) is 17.6 Å². The fourth-order valence-corrected chi connectivity index (χ4v) is 3.46. The number of likely N-dealkylation sites (tertiary alicyclic amines) is 1. The van der Waals surface area contributed by atoms with Crippen molar-refractivity contribution < 1.29 is 16.4 Å². The molecule has 0 spiro atoms. The summed E-state index contributed by atoms with van der Waals surface area (Å²) in [6.07, 6.45) is 3.81. The summed E-state index contributed by atoms with van der Waals surface area (Å²) in [6, 6.07) is -3.04. The number of hydrogen-bond donors (Lipinski definition) is 3. The number of anilines is 2. The van der Waals surface area contributed by atoms with Crippen LogP contribution < -0.4 is 11.1 Å². The first-order valence-corrected chi connectivity index (χ1v) is 8.88. The number of piperidine rings is 1. The van der Waals surface area contributed by atoms with E-state index in [4.69, 9.17) is 12.6 Å². The van der Waals surface area contributed by atoms with Crippen molar-refractivity contribution in [3.8, 4) is 0 Å². The smallest absolute Gasteiger partial charge is 0.314 e. The van der Waals surface area contributed by atoms with Crippen LogP contribution in [0.2, 0.25) is 0 Å². The molecular formula is C20H22N6O2. The highest BCUT2D eigenvalue weighted by Crippen LogP contribution is 2.33. The Morgan fingerprint density at radius 2 is 2.07 bits per heavy atom. The topological polar surface area (TPSA) is 117 Å². The van der Waals surface area contributed by atoms with E-state index in [1.807, 2.05) is 6.92 Å². The Kier molecular flexibility index (Phi) is 3.36. The first kappa shape index (κ1) is 12.9. The van der Waals surface area contributed by atoms with E-state index in [1.165, 1.54) is 17.3 Å². The van der Waals surface area contributed by atoms with Gasteiger partial charge in [0.05, 0.1) is 41.9 Å². The first-order chi connectivity index (χ1) is 15.6. The number of fused-ring (bicyclic) bond motifs is 1. The molecule has 0 bridgehead atoms. The third-order valence-corrected chi connectivity index (χ3v) is 4.89. The summed E-state index contributed by atoms with van der Waals surface area (Å²) in [4.78, 5) is 31.4. The number of benzene rings is 1. The van der Waals surface area contributed by atoms with Crippen molar-refractivity contribution >= 4 is 34.2 Å². The number of nitrogens with zero attached hydrogens (tertiary/aromatic N) is 3. The summed E-state index contributed by atoms with van der Waals surface area (Å²) in [5.41, 5.74) is 6.45. The van der Waals surface area contributed by atoms with Crippen LogP contribution in [0.3, 0.4) is 0 Å². The minimum atomic E-state index is -0.941. The molecule has 1 saturated heterocycles. The van der Waals surface area contributed by atoms with Crippen LogP contribution >= 0.6 is 0 Å². The molecule has 0 saturated carbocycles. The molecule has 144 valence electrons. The number of hydrogen-bond acceptors (Lipinski definition) is 5. The SMILES string of the molecule is [2H]c1c([2H])c([2H])c([C@@H]2CC[C@H](C)CN2C(=O)C(=O)Nc2cnc(N)c3cn[nH]c23)c([2H])c1[2H]. The summed E-state index contributed by atoms with van der Waals surface area (Å²) in [6.45, 7) is 2.13. The van der Waals surface area contributed by atoms with Gasteiger partial charge in [0.2, 0.25) is 0 Å². The number of nitrogens with two attached hydrogens (primary N) is 1. The molecule has 2 amide bonds. The van der Waals surface area contributed by atoms with Gasteiger partial charge in [-0.25, -0.2) is 4.98 Å². The molecule has 8 heteroatoms. The third-order valence-electron chi connectivity index (χ3n) is 4.89. The maximum absolute atomic E-state index is 13.2. The van der Waals surface area contributed by atoms with Crippen molar-refractivity contribution in [1.29, 1.82) is 0 Å². The second-order valence-corrected chi connectivity index (χ2v) is 6.86. The highest BCUT2D eigenvalue weighted by molar-refractivity contribution is 6.40. The zero-order valence-electron chi connectivity index (χ0n) is 20.2. The van der Waals surface area contributed by atoms with Gasteiger partial charge in [0, 0.05) is 6.54 Å². The van der Waals surface area contributed by atoms with Gasteiger partial charge in [0.25, 0.3) is 0 Å². The molecule has 2 aromatic heterocycles. The van der Waals surface area contributed by atoms with Crippen molar-refractivity contribution in [2.24, 2.45) is 5.92 Å². The molecule has 4 rings (SSSR count). The highest BCUT2D eigenvalue weighted by atomic mass is 16.2. The molecule has 3 aromatic rings. The van der Waals surface area contributed by atoms with Crippen LogP contribution in [-0.4, -0.2) is 38.4 Å². The molecule has 4 N–H and O–H groups in total. The molecule has 1 fully saturated rings. The van der Waals surface area contributed by atoms with Gasteiger partial charge >= 0.3 is 11.8 Å². The van der Waals surface area contributed by atoms with Gasteiger partial charge in [-0.15, -0.1) is 0 Å². The molecule has 3 heterocycles. The quantitative estimate of drug-likeness (QED) is 0.588. The van der Waals surface area contributed by atoms with E-state index in [-0.39, 0.29) is 41.6 Å². The average molecular weight is 383 g/mol. The van der Waals surface area contributed by atoms with E-state index in [2.05, 4.69) is 20.5 Å². The van der Waals surface area contributed by atoms with E-state index >= 15 is 0 Å². The number of pyridine rings is 1. The molecule has 8 nitrogen and oxygen atoms in total. The van der Waals surface area contributed by atoms with Crippen LogP contribution in [0.15, 0.2) is 42.6 Å². The summed E-state index contributed by atoms with van der Waals surface area (Å²) in [5, 5.41) is 9.61. The summed E-state index contributed by atoms with van der Waals surface area (Å²) in [5.74, 6) is -1.53. The van der Waals surface area contributed by atoms with E-state index in [9.17, 15) is 9.59 Å². The van der Waals surface area contributed by atoms with Crippen LogP contribution in [0.1, 0.15) is 38.2 Å². The van der Waals surface area contributed by atoms with Crippen LogP contribution in [-0.2, 0) is 9.59 Å². The van der Waals surface area contributed by atoms with Crippen molar-refractivity contribution in [1.82, 2.24) is 20.1 Å². The van der Waals surface area contributed by atoms with E-state index in [0.29, 0.717) is 23.7 Å². The number of H-pyrrole nitrogens is 1. The van der Waals surface area contributed by atoms with Gasteiger partial charge in [-0.1, -0.05) is 37.1 Å². The van der Waals surface area contributed by atoms with Crippen LogP contribution in [0, 0.1) is 5.92 Å². The van der Waals surface area contributed by atoms with Crippen molar-refractivity contribution in [3.63, 3.8) is 0 Å². The number of aromatic nitrogens is 3. The molecule has 1 aliphatic rings. The van der Waals surface area contributed by atoms with Crippen LogP contribution in [0.5, 0.6) is 0 Å². The summed E-state index contributed by atoms with van der Waals surface area (Å²) >= 11 is 0. The Morgan fingerprint density at radius 3 is 2.86 bits per heavy atom. The predicted molar refractivity (Wildman–Crippen MR) is 106 cm³/mol. The zero-order valence-corrected chi connectivity index (χ0v) is 15.2. The molecule has 2 atom stereocenters. The van der Waals surface area contributed by atoms with E-state index in [1.54, 1.807) is 0 Å². The third kappa shape index (κ3) is 3.28. The number of carbonyl (C=O) groups excluding carboxylic acids is 2. The van der Waals surface area contributed by atoms with Crippen LogP contribution in [0.25, 0.3) is 10.9 Å². The Labute approximate surface area is 169 Å². The monoisotopic (exact) mass is 383 g/mol. The minimum Gasteiger partial charge on any atom is -0.383 e. The standard InChI is InChI=1S/C20H22N6O2/c1-12-7-8-16(13-5-3-2-4-6-13)26(11-12)20(28)19(27)24-15-10-22-18(21)14-9-23-25-17(14)15/h2-6,9-10,12,16H,7-8,11H2,1H3,(H2,21,22)(H,23,25)(H,24,27)/t12-,16-/m0/s1/i2D,3D,4D,5D,6D. The lowest BCUT2D eigenvalue weighted by atomic mass is 9.90. The fourth-order valence-electron chi connectivity index (χ4n) is 3.46. The lowest BCUT2D eigenvalue weighted by Crippen LogP contribution is -2.46. The Bertz CT molecular complexity index is 1250. The van der Waals surface area contributed by atoms with E-state index in [0.717, 1.165) is 0 Å². The molecule has 0 aliphatic carbocycles. The molecular weight excluding hydrogens is 356 g/mol. The van der Waals surface area contributed by atoms with Gasteiger partial charge in [-0.3, -0.25) is 14.7 Å². The lowest BCUT2D eigenvalue weighted by molar-refractivity contribution is -0.146. The summed E-state index contributed by atoms with van der Waals surface area (Å²) < 4.78 is 40.3. The maximum Gasteiger partial charge on any atom is 0.314 e. The number of nitrogen functional groups attached to an aromatic ring is 1. The Hall–Kier alpha value is -3.42. The number of carbonyl (C=O) groups is 2. The number of rotatable bonds is 2. The molecule has 0 unspecified atom stereocenters. The number of aromatic amines is 1. The summed E-state index contributed by atoms with van der Waals surface area (Å²) in [7, 11) is 0. The predicted octanol–water partition coefficient (Wildman–Crippen LogP) is 2.48. The Morgan fingerprint density at radius 1 is 1.29 bits per heavy atom. The maximum atomic E-state index is 13.2.